The van der Waals surface area contributed by atoms with Crippen LogP contribution in [0.15, 0.2) is 72.8 Å². The number of nitrogens with zero attached hydrogens (tertiary/aromatic N) is 2. The SMILES string of the molecule is Cc1cc(C)c(-c2c3ccccc3c(-c3c(C)cc(C)cc3C)n2N2C(=O)c3ccccc3C2=O)c(C)c1. The number of hydrogen-bond acceptors (Lipinski definition) is 2. The van der Waals surface area contributed by atoms with Crippen LogP contribution in [0.25, 0.3) is 33.3 Å². The van der Waals surface area contributed by atoms with E-state index in [1.165, 1.54) is 16.1 Å². The molecule has 188 valence electrons. The molecule has 2 amide bonds. The molecular weight excluding hydrogens is 468 g/mol. The van der Waals surface area contributed by atoms with Gasteiger partial charge in [-0.15, -0.1) is 0 Å². The summed E-state index contributed by atoms with van der Waals surface area (Å²) in [6.07, 6.45) is 0. The second kappa shape index (κ2) is 8.56. The average Bonchev–Trinajstić information content (AvgIpc) is 3.30. The first kappa shape index (κ1) is 23.9. The second-order valence-electron chi connectivity index (χ2n) is 10.6. The summed E-state index contributed by atoms with van der Waals surface area (Å²) in [6.45, 7) is 12.6. The summed E-state index contributed by atoms with van der Waals surface area (Å²) in [6, 6.07) is 24.0. The smallest absolute Gasteiger partial charge is 0.267 e. The van der Waals surface area contributed by atoms with E-state index in [4.69, 9.17) is 0 Å². The highest BCUT2D eigenvalue weighted by atomic mass is 16.2. The fourth-order valence-corrected chi connectivity index (χ4v) is 6.38. The number of carbonyl (C=O) groups excluding carboxylic acids is 2. The number of imide groups is 1. The van der Waals surface area contributed by atoms with Crippen LogP contribution in [0.2, 0.25) is 0 Å². The average molecular weight is 499 g/mol. The second-order valence-corrected chi connectivity index (χ2v) is 10.6. The molecule has 0 saturated carbocycles. The zero-order valence-electron chi connectivity index (χ0n) is 22.6. The third-order valence-corrected chi connectivity index (χ3v) is 7.66. The molecule has 0 spiro atoms. The van der Waals surface area contributed by atoms with E-state index in [-0.39, 0.29) is 11.8 Å². The van der Waals surface area contributed by atoms with E-state index < -0.39 is 0 Å². The molecule has 5 aromatic rings. The molecule has 4 aromatic carbocycles. The van der Waals surface area contributed by atoms with Crippen molar-refractivity contribution in [1.29, 1.82) is 0 Å². The first-order valence-corrected chi connectivity index (χ1v) is 13.0. The molecule has 0 aliphatic carbocycles. The topological polar surface area (TPSA) is 42.3 Å². The molecule has 0 unspecified atom stereocenters. The highest BCUT2D eigenvalue weighted by molar-refractivity contribution is 6.31. The van der Waals surface area contributed by atoms with Crippen LogP contribution in [0.5, 0.6) is 0 Å². The predicted octanol–water partition coefficient (Wildman–Crippen LogP) is 7.76. The van der Waals surface area contributed by atoms with Gasteiger partial charge in [-0.3, -0.25) is 9.59 Å². The number of aryl methyl sites for hydroxylation is 6. The number of aromatic nitrogens is 1. The molecule has 0 atom stereocenters. The number of fused-ring (bicyclic) bond motifs is 2. The predicted molar refractivity (Wildman–Crippen MR) is 155 cm³/mol. The molecule has 1 aromatic heterocycles. The number of benzene rings is 4. The molecule has 0 N–H and O–H groups in total. The summed E-state index contributed by atoms with van der Waals surface area (Å²) in [7, 11) is 0. The molecule has 4 nitrogen and oxygen atoms in total. The lowest BCUT2D eigenvalue weighted by Gasteiger charge is -2.25. The van der Waals surface area contributed by atoms with Gasteiger partial charge in [0.2, 0.25) is 0 Å². The third-order valence-electron chi connectivity index (χ3n) is 7.66. The van der Waals surface area contributed by atoms with Crippen molar-refractivity contribution in [3.63, 3.8) is 0 Å². The van der Waals surface area contributed by atoms with Crippen LogP contribution >= 0.6 is 0 Å². The molecule has 1 aliphatic rings. The summed E-state index contributed by atoms with van der Waals surface area (Å²) < 4.78 is 1.91. The van der Waals surface area contributed by atoms with E-state index in [1.54, 1.807) is 12.1 Å². The van der Waals surface area contributed by atoms with Crippen molar-refractivity contribution in [3.05, 3.63) is 117 Å². The van der Waals surface area contributed by atoms with Crippen molar-refractivity contribution in [3.8, 4) is 22.5 Å². The Morgan fingerprint density at radius 2 is 0.842 bits per heavy atom. The van der Waals surface area contributed by atoms with Gasteiger partial charge in [0.25, 0.3) is 11.8 Å². The van der Waals surface area contributed by atoms with Crippen LogP contribution in [-0.4, -0.2) is 16.5 Å². The largest absolute Gasteiger partial charge is 0.281 e. The maximum Gasteiger partial charge on any atom is 0.281 e. The minimum atomic E-state index is -0.307. The molecular formula is C34H30N2O2. The van der Waals surface area contributed by atoms with Crippen LogP contribution in [-0.2, 0) is 0 Å². The highest BCUT2D eigenvalue weighted by Gasteiger charge is 2.40. The van der Waals surface area contributed by atoms with Crippen molar-refractivity contribution in [2.75, 3.05) is 5.01 Å². The van der Waals surface area contributed by atoms with Gasteiger partial charge in [0.15, 0.2) is 0 Å². The van der Waals surface area contributed by atoms with Crippen molar-refractivity contribution in [1.82, 2.24) is 4.68 Å². The van der Waals surface area contributed by atoms with E-state index in [9.17, 15) is 9.59 Å². The Bertz CT molecular complexity index is 1650. The molecule has 38 heavy (non-hydrogen) atoms. The number of rotatable bonds is 3. The Morgan fingerprint density at radius 3 is 1.21 bits per heavy atom. The summed E-state index contributed by atoms with van der Waals surface area (Å²) in [4.78, 5) is 28.0. The van der Waals surface area contributed by atoms with Crippen LogP contribution in [0.4, 0.5) is 0 Å². The van der Waals surface area contributed by atoms with Gasteiger partial charge in [-0.05, 0) is 75.9 Å². The zero-order valence-corrected chi connectivity index (χ0v) is 22.6. The van der Waals surface area contributed by atoms with E-state index >= 15 is 0 Å². The van der Waals surface area contributed by atoms with Gasteiger partial charge in [-0.2, -0.15) is 5.01 Å². The maximum atomic E-state index is 14.0. The van der Waals surface area contributed by atoms with Crippen molar-refractivity contribution in [2.45, 2.75) is 41.5 Å². The molecule has 2 heterocycles. The summed E-state index contributed by atoms with van der Waals surface area (Å²) in [5.41, 5.74) is 11.4. The Balaban J connectivity index is 1.82. The number of carbonyl (C=O) groups is 2. The first-order valence-electron chi connectivity index (χ1n) is 13.0. The van der Waals surface area contributed by atoms with Crippen LogP contribution in [0.1, 0.15) is 54.1 Å². The van der Waals surface area contributed by atoms with Crippen LogP contribution in [0, 0.1) is 41.5 Å². The van der Waals surface area contributed by atoms with Crippen molar-refractivity contribution < 1.29 is 9.59 Å². The van der Waals surface area contributed by atoms with Crippen LogP contribution in [0.3, 0.4) is 0 Å². The van der Waals surface area contributed by atoms with E-state index in [0.29, 0.717) is 11.1 Å². The molecule has 0 radical (unpaired) electrons. The van der Waals surface area contributed by atoms with Gasteiger partial charge in [-0.1, -0.05) is 71.8 Å². The molecule has 4 heteroatoms. The lowest BCUT2D eigenvalue weighted by molar-refractivity contribution is 0.0888. The third kappa shape index (κ3) is 3.37. The Labute approximate surface area is 223 Å². The first-order chi connectivity index (χ1) is 18.2. The molecule has 1 aliphatic heterocycles. The van der Waals surface area contributed by atoms with Gasteiger partial charge >= 0.3 is 0 Å². The van der Waals surface area contributed by atoms with Crippen molar-refractivity contribution in [2.24, 2.45) is 0 Å². The summed E-state index contributed by atoms with van der Waals surface area (Å²) in [5.74, 6) is -0.614. The van der Waals surface area contributed by atoms with Gasteiger partial charge in [0.1, 0.15) is 0 Å². The number of hydrogen-bond donors (Lipinski definition) is 0. The summed E-state index contributed by atoms with van der Waals surface area (Å²) >= 11 is 0. The van der Waals surface area contributed by atoms with E-state index in [0.717, 1.165) is 55.5 Å². The molecule has 0 fully saturated rings. The van der Waals surface area contributed by atoms with Gasteiger partial charge < -0.3 is 0 Å². The van der Waals surface area contributed by atoms with Gasteiger partial charge in [0.05, 0.1) is 22.5 Å². The fourth-order valence-electron chi connectivity index (χ4n) is 6.38. The van der Waals surface area contributed by atoms with Crippen molar-refractivity contribution >= 4 is 22.6 Å². The quantitative estimate of drug-likeness (QED) is 0.239. The van der Waals surface area contributed by atoms with E-state index in [2.05, 4.69) is 77.9 Å². The van der Waals surface area contributed by atoms with Crippen LogP contribution < -0.4 is 5.01 Å². The lowest BCUT2D eigenvalue weighted by atomic mass is 9.94. The minimum Gasteiger partial charge on any atom is -0.267 e. The Hall–Kier alpha value is -4.44. The van der Waals surface area contributed by atoms with Gasteiger partial charge in [-0.25, -0.2) is 4.68 Å². The molecule has 0 saturated heterocycles. The standard InChI is InChI=1S/C34H30N2O2/c1-19-15-21(3)29(22(4)16-19)31-25-11-7-8-12-26(25)32(30-23(5)17-20(2)18-24(30)6)35(31)36-33(37)27-13-9-10-14-28(27)34(36)38/h7-18H,1-6H3. The normalized spacial score (nSPS) is 13.1. The minimum absolute atomic E-state index is 0.307. The Morgan fingerprint density at radius 1 is 0.500 bits per heavy atom. The molecule has 6 rings (SSSR count). The fraction of sp³-hybridized carbons (Fsp3) is 0.176. The number of amides is 2. The van der Waals surface area contributed by atoms with Gasteiger partial charge in [0, 0.05) is 21.9 Å². The monoisotopic (exact) mass is 498 g/mol. The van der Waals surface area contributed by atoms with E-state index in [1.807, 2.05) is 28.9 Å². The summed E-state index contributed by atoms with van der Waals surface area (Å²) in [5, 5.41) is 3.37. The Kier molecular flexibility index (Phi) is 5.39. The highest BCUT2D eigenvalue weighted by Crippen LogP contribution is 2.45. The zero-order chi connectivity index (χ0) is 26.9. The molecule has 0 bridgehead atoms. The maximum absolute atomic E-state index is 14.0. The lowest BCUT2D eigenvalue weighted by Crippen LogP contribution is -2.41.